The number of nitrogens with zero attached hydrogens (tertiary/aromatic N) is 2. The SMILES string of the molecule is CN1CCCc2cc(CNC(=O)C3CC(=O)N(c4cccc(Cl)c4)C3)ccc21. The van der Waals surface area contributed by atoms with Gasteiger partial charge in [0, 0.05) is 49.5 Å². The van der Waals surface area contributed by atoms with Crippen molar-refractivity contribution in [1.29, 1.82) is 0 Å². The maximum Gasteiger partial charge on any atom is 0.227 e. The fourth-order valence-electron chi connectivity index (χ4n) is 4.06. The molecule has 0 saturated carbocycles. The van der Waals surface area contributed by atoms with Crippen LogP contribution in [-0.4, -0.2) is 32.0 Å². The van der Waals surface area contributed by atoms with Crippen LogP contribution in [-0.2, 0) is 22.6 Å². The van der Waals surface area contributed by atoms with Crippen LogP contribution in [0.5, 0.6) is 0 Å². The summed E-state index contributed by atoms with van der Waals surface area (Å²) in [5.74, 6) is -0.456. The Morgan fingerprint density at radius 1 is 1.25 bits per heavy atom. The first-order valence-corrected chi connectivity index (χ1v) is 10.1. The topological polar surface area (TPSA) is 52.7 Å². The van der Waals surface area contributed by atoms with Gasteiger partial charge in [0.05, 0.1) is 5.92 Å². The van der Waals surface area contributed by atoms with E-state index in [1.54, 1.807) is 17.0 Å². The number of rotatable bonds is 4. The predicted octanol–water partition coefficient (Wildman–Crippen LogP) is 3.39. The van der Waals surface area contributed by atoms with Gasteiger partial charge in [0.15, 0.2) is 0 Å². The highest BCUT2D eigenvalue weighted by molar-refractivity contribution is 6.31. The minimum Gasteiger partial charge on any atom is -0.374 e. The third kappa shape index (κ3) is 3.85. The largest absolute Gasteiger partial charge is 0.374 e. The van der Waals surface area contributed by atoms with E-state index in [1.165, 1.54) is 11.3 Å². The summed E-state index contributed by atoms with van der Waals surface area (Å²) >= 11 is 6.03. The van der Waals surface area contributed by atoms with Crippen LogP contribution in [0.3, 0.4) is 0 Å². The Morgan fingerprint density at radius 2 is 2.11 bits per heavy atom. The second kappa shape index (κ2) is 7.84. The maximum atomic E-state index is 12.6. The van der Waals surface area contributed by atoms with Gasteiger partial charge >= 0.3 is 0 Å². The van der Waals surface area contributed by atoms with Gasteiger partial charge in [-0.3, -0.25) is 9.59 Å². The second-order valence-corrected chi connectivity index (χ2v) is 8.03. The van der Waals surface area contributed by atoms with Crippen LogP contribution in [0.15, 0.2) is 42.5 Å². The molecule has 1 atom stereocenters. The molecule has 2 aliphatic heterocycles. The number of fused-ring (bicyclic) bond motifs is 1. The number of hydrogen-bond donors (Lipinski definition) is 1. The Morgan fingerprint density at radius 3 is 2.93 bits per heavy atom. The summed E-state index contributed by atoms with van der Waals surface area (Å²) in [6.07, 6.45) is 2.46. The summed E-state index contributed by atoms with van der Waals surface area (Å²) in [6, 6.07) is 13.6. The highest BCUT2D eigenvalue weighted by atomic mass is 35.5. The van der Waals surface area contributed by atoms with E-state index in [2.05, 4.69) is 35.5 Å². The number of carbonyl (C=O) groups excluding carboxylic acids is 2. The molecule has 2 aromatic carbocycles. The summed E-state index contributed by atoms with van der Waals surface area (Å²) in [6.45, 7) is 1.96. The summed E-state index contributed by atoms with van der Waals surface area (Å²) in [4.78, 5) is 28.9. The van der Waals surface area contributed by atoms with Gasteiger partial charge in [-0.05, 0) is 48.2 Å². The van der Waals surface area contributed by atoms with Crippen molar-refractivity contribution in [2.24, 2.45) is 5.92 Å². The average Bonchev–Trinajstić information content (AvgIpc) is 3.08. The lowest BCUT2D eigenvalue weighted by atomic mass is 9.99. The molecular weight excluding hydrogens is 374 g/mol. The zero-order chi connectivity index (χ0) is 19.7. The summed E-state index contributed by atoms with van der Waals surface area (Å²) in [5.41, 5.74) is 4.45. The summed E-state index contributed by atoms with van der Waals surface area (Å²) in [7, 11) is 2.11. The highest BCUT2D eigenvalue weighted by Crippen LogP contribution is 2.28. The zero-order valence-electron chi connectivity index (χ0n) is 16.0. The average molecular weight is 398 g/mol. The van der Waals surface area contributed by atoms with Gasteiger partial charge in [0.1, 0.15) is 0 Å². The monoisotopic (exact) mass is 397 g/mol. The molecular formula is C22H24ClN3O2. The fourth-order valence-corrected chi connectivity index (χ4v) is 4.24. The molecule has 1 saturated heterocycles. The predicted molar refractivity (Wildman–Crippen MR) is 112 cm³/mol. The molecule has 0 radical (unpaired) electrons. The number of anilines is 2. The lowest BCUT2D eigenvalue weighted by Crippen LogP contribution is -2.32. The molecule has 1 N–H and O–H groups in total. The van der Waals surface area contributed by atoms with Crippen LogP contribution in [0.25, 0.3) is 0 Å². The number of benzene rings is 2. The Balaban J connectivity index is 1.37. The van der Waals surface area contributed by atoms with Gasteiger partial charge in [0.25, 0.3) is 0 Å². The van der Waals surface area contributed by atoms with Crippen LogP contribution >= 0.6 is 11.6 Å². The first kappa shape index (κ1) is 18.8. The number of carbonyl (C=O) groups is 2. The van der Waals surface area contributed by atoms with Gasteiger partial charge in [0.2, 0.25) is 11.8 Å². The van der Waals surface area contributed by atoms with Crippen LogP contribution < -0.4 is 15.1 Å². The third-order valence-electron chi connectivity index (χ3n) is 5.58. The minimum absolute atomic E-state index is 0.0424. The molecule has 1 unspecified atom stereocenters. The molecule has 0 aliphatic carbocycles. The zero-order valence-corrected chi connectivity index (χ0v) is 16.7. The Hall–Kier alpha value is -2.53. The maximum absolute atomic E-state index is 12.6. The van der Waals surface area contributed by atoms with E-state index >= 15 is 0 Å². The molecule has 4 rings (SSSR count). The highest BCUT2D eigenvalue weighted by Gasteiger charge is 2.35. The van der Waals surface area contributed by atoms with E-state index in [4.69, 9.17) is 11.6 Å². The van der Waals surface area contributed by atoms with Crippen molar-refractivity contribution < 1.29 is 9.59 Å². The van der Waals surface area contributed by atoms with Crippen molar-refractivity contribution >= 4 is 34.8 Å². The van der Waals surface area contributed by atoms with Crippen molar-refractivity contribution in [3.63, 3.8) is 0 Å². The molecule has 0 aromatic heterocycles. The van der Waals surface area contributed by atoms with Crippen molar-refractivity contribution in [2.75, 3.05) is 29.9 Å². The van der Waals surface area contributed by atoms with E-state index in [0.29, 0.717) is 18.1 Å². The van der Waals surface area contributed by atoms with Crippen LogP contribution in [0.4, 0.5) is 11.4 Å². The van der Waals surface area contributed by atoms with Crippen LogP contribution in [0, 0.1) is 5.92 Å². The van der Waals surface area contributed by atoms with Crippen molar-refractivity contribution in [3.05, 3.63) is 58.6 Å². The molecule has 146 valence electrons. The van der Waals surface area contributed by atoms with Crippen LogP contribution in [0.2, 0.25) is 5.02 Å². The molecule has 2 amide bonds. The molecule has 1 fully saturated rings. The lowest BCUT2D eigenvalue weighted by molar-refractivity contribution is -0.126. The van der Waals surface area contributed by atoms with Gasteiger partial charge in [-0.1, -0.05) is 29.8 Å². The van der Waals surface area contributed by atoms with Gasteiger partial charge < -0.3 is 15.1 Å². The first-order chi connectivity index (χ1) is 13.5. The van der Waals surface area contributed by atoms with Crippen molar-refractivity contribution in [1.82, 2.24) is 5.32 Å². The molecule has 6 heteroatoms. The standard InChI is InChI=1S/C22H24ClN3O2/c1-25-9-3-4-16-10-15(7-8-20(16)25)13-24-22(28)17-11-21(27)26(14-17)19-6-2-5-18(23)12-19/h2,5-8,10,12,17H,3-4,9,11,13-14H2,1H3,(H,24,28). The Kier molecular flexibility index (Phi) is 5.27. The smallest absolute Gasteiger partial charge is 0.227 e. The van der Waals surface area contributed by atoms with E-state index in [0.717, 1.165) is 30.6 Å². The molecule has 2 heterocycles. The first-order valence-electron chi connectivity index (χ1n) is 9.68. The summed E-state index contributed by atoms with van der Waals surface area (Å²) < 4.78 is 0. The molecule has 2 aliphatic rings. The fraction of sp³-hybridized carbons (Fsp3) is 0.364. The van der Waals surface area contributed by atoms with Crippen LogP contribution in [0.1, 0.15) is 24.0 Å². The minimum atomic E-state index is -0.338. The number of hydrogen-bond acceptors (Lipinski definition) is 3. The van der Waals surface area contributed by atoms with Gasteiger partial charge in [-0.25, -0.2) is 0 Å². The normalized spacial score (nSPS) is 18.9. The third-order valence-corrected chi connectivity index (χ3v) is 5.81. The second-order valence-electron chi connectivity index (χ2n) is 7.59. The van der Waals surface area contributed by atoms with E-state index < -0.39 is 0 Å². The molecule has 28 heavy (non-hydrogen) atoms. The van der Waals surface area contributed by atoms with E-state index in [1.807, 2.05) is 12.1 Å². The van der Waals surface area contributed by atoms with E-state index in [-0.39, 0.29) is 24.2 Å². The Bertz CT molecular complexity index is 914. The van der Waals surface area contributed by atoms with Crippen molar-refractivity contribution in [2.45, 2.75) is 25.8 Å². The quantitative estimate of drug-likeness (QED) is 0.860. The van der Waals surface area contributed by atoms with Gasteiger partial charge in [-0.2, -0.15) is 0 Å². The summed E-state index contributed by atoms with van der Waals surface area (Å²) in [5, 5.41) is 3.59. The lowest BCUT2D eigenvalue weighted by Gasteiger charge is -2.27. The Labute approximate surface area is 170 Å². The number of amides is 2. The molecule has 2 aromatic rings. The van der Waals surface area contributed by atoms with Gasteiger partial charge in [-0.15, -0.1) is 0 Å². The number of nitrogens with one attached hydrogen (secondary N) is 1. The van der Waals surface area contributed by atoms with Crippen molar-refractivity contribution in [3.8, 4) is 0 Å². The molecule has 0 bridgehead atoms. The molecule has 0 spiro atoms. The number of halogens is 1. The van der Waals surface area contributed by atoms with E-state index in [9.17, 15) is 9.59 Å². The molecule has 5 nitrogen and oxygen atoms in total. The number of aryl methyl sites for hydroxylation is 1.